The Morgan fingerprint density at radius 1 is 1.28 bits per heavy atom. The summed E-state index contributed by atoms with van der Waals surface area (Å²) < 4.78 is 31.9. The summed E-state index contributed by atoms with van der Waals surface area (Å²) in [5.41, 5.74) is 0.895. The van der Waals surface area contributed by atoms with Crippen LogP contribution in [-0.4, -0.2) is 34.9 Å². The average molecular weight is 274 g/mol. The highest BCUT2D eigenvalue weighted by Crippen LogP contribution is 2.30. The highest BCUT2D eigenvalue weighted by molar-refractivity contribution is 7.89. The number of ether oxygens (including phenoxy) is 2. The lowest BCUT2D eigenvalue weighted by molar-refractivity contribution is 0.351. The molecule has 0 saturated carbocycles. The molecule has 0 atom stereocenters. The molecule has 0 aliphatic rings. The van der Waals surface area contributed by atoms with Gasteiger partial charge in [-0.2, -0.15) is 0 Å². The van der Waals surface area contributed by atoms with Gasteiger partial charge < -0.3 is 14.8 Å². The Hall–Kier alpha value is -1.31. The first-order valence-electron chi connectivity index (χ1n) is 5.39. The van der Waals surface area contributed by atoms with E-state index in [2.05, 4.69) is 5.32 Å². The minimum Gasteiger partial charge on any atom is -0.493 e. The summed E-state index contributed by atoms with van der Waals surface area (Å²) in [6.45, 7) is 0.773. The highest BCUT2D eigenvalue weighted by Gasteiger charge is 2.09. The first-order valence-corrected chi connectivity index (χ1v) is 7.10. The number of hydrogen-bond donors (Lipinski definition) is 2. The molecule has 0 aliphatic carbocycles. The Morgan fingerprint density at radius 2 is 2.00 bits per heavy atom. The number of nitrogens with one attached hydrogen (secondary N) is 1. The maximum Gasteiger partial charge on any atom is 0.210 e. The molecule has 0 aromatic heterocycles. The Labute approximate surface area is 107 Å². The second kappa shape index (κ2) is 6.58. The molecule has 1 aromatic rings. The van der Waals surface area contributed by atoms with Gasteiger partial charge in [0, 0.05) is 18.7 Å². The van der Waals surface area contributed by atoms with E-state index in [-0.39, 0.29) is 5.75 Å². The van der Waals surface area contributed by atoms with Gasteiger partial charge >= 0.3 is 0 Å². The predicted octanol–water partition coefficient (Wildman–Crippen LogP) is 0.0819. The molecule has 102 valence electrons. The van der Waals surface area contributed by atoms with Crippen LogP contribution < -0.4 is 19.9 Å². The summed E-state index contributed by atoms with van der Waals surface area (Å²) in [7, 11) is -0.299. The average Bonchev–Trinajstić information content (AvgIpc) is 2.32. The van der Waals surface area contributed by atoms with Crippen molar-refractivity contribution in [3.05, 3.63) is 23.8 Å². The lowest BCUT2D eigenvalue weighted by atomic mass is 10.2. The van der Waals surface area contributed by atoms with E-state index in [1.165, 1.54) is 0 Å². The van der Waals surface area contributed by atoms with Crippen molar-refractivity contribution in [2.45, 2.75) is 6.54 Å². The van der Waals surface area contributed by atoms with Crippen LogP contribution in [0.3, 0.4) is 0 Å². The molecule has 1 aromatic carbocycles. The molecule has 0 unspecified atom stereocenters. The summed E-state index contributed by atoms with van der Waals surface area (Å²) in [6.07, 6.45) is 0. The Morgan fingerprint density at radius 3 is 2.56 bits per heavy atom. The smallest absolute Gasteiger partial charge is 0.210 e. The molecular formula is C11H18N2O4S. The van der Waals surface area contributed by atoms with Gasteiger partial charge in [-0.05, 0) is 6.07 Å². The van der Waals surface area contributed by atoms with Crippen molar-refractivity contribution in [3.8, 4) is 11.5 Å². The van der Waals surface area contributed by atoms with E-state index in [4.69, 9.17) is 14.6 Å². The maximum absolute atomic E-state index is 10.8. The third kappa shape index (κ3) is 4.52. The molecule has 0 amide bonds. The van der Waals surface area contributed by atoms with E-state index < -0.39 is 10.0 Å². The van der Waals surface area contributed by atoms with Crippen molar-refractivity contribution in [3.63, 3.8) is 0 Å². The lowest BCUT2D eigenvalue weighted by Gasteiger charge is -2.12. The number of rotatable bonds is 7. The normalized spacial score (nSPS) is 11.3. The molecule has 0 saturated heterocycles. The molecule has 0 radical (unpaired) electrons. The maximum atomic E-state index is 10.8. The largest absolute Gasteiger partial charge is 0.493 e. The number of sulfonamides is 1. The number of nitrogens with two attached hydrogens (primary N) is 1. The molecule has 0 heterocycles. The topological polar surface area (TPSA) is 90.6 Å². The summed E-state index contributed by atoms with van der Waals surface area (Å²) in [5, 5.41) is 7.89. The van der Waals surface area contributed by atoms with Gasteiger partial charge in [-0.15, -0.1) is 0 Å². The van der Waals surface area contributed by atoms with E-state index >= 15 is 0 Å². The van der Waals surface area contributed by atoms with Crippen molar-refractivity contribution >= 4 is 10.0 Å². The minimum absolute atomic E-state index is 0.0979. The van der Waals surface area contributed by atoms with Crippen LogP contribution in [0.5, 0.6) is 11.5 Å². The van der Waals surface area contributed by atoms with E-state index in [1.54, 1.807) is 20.3 Å². The van der Waals surface area contributed by atoms with Crippen molar-refractivity contribution in [2.24, 2.45) is 5.14 Å². The molecule has 0 spiro atoms. The summed E-state index contributed by atoms with van der Waals surface area (Å²) in [6, 6.07) is 5.52. The van der Waals surface area contributed by atoms with E-state index in [1.807, 2.05) is 12.1 Å². The van der Waals surface area contributed by atoms with Crippen LogP contribution in [0.1, 0.15) is 5.56 Å². The second-order valence-corrected chi connectivity index (χ2v) is 5.43. The van der Waals surface area contributed by atoms with Crippen LogP contribution in [0, 0.1) is 0 Å². The van der Waals surface area contributed by atoms with Gasteiger partial charge in [-0.25, -0.2) is 13.6 Å². The highest BCUT2D eigenvalue weighted by atomic mass is 32.2. The van der Waals surface area contributed by atoms with E-state index in [0.29, 0.717) is 24.6 Å². The van der Waals surface area contributed by atoms with Crippen LogP contribution in [0.2, 0.25) is 0 Å². The fraction of sp³-hybridized carbons (Fsp3) is 0.455. The van der Waals surface area contributed by atoms with Gasteiger partial charge in [0.15, 0.2) is 11.5 Å². The Bertz CT molecular complexity index is 488. The van der Waals surface area contributed by atoms with Gasteiger partial charge in [0.1, 0.15) is 0 Å². The fourth-order valence-corrected chi connectivity index (χ4v) is 1.96. The van der Waals surface area contributed by atoms with Crippen LogP contribution in [0.15, 0.2) is 18.2 Å². The van der Waals surface area contributed by atoms with Crippen molar-refractivity contribution < 1.29 is 17.9 Å². The molecule has 7 heteroatoms. The van der Waals surface area contributed by atoms with Crippen LogP contribution in [-0.2, 0) is 16.6 Å². The molecule has 0 fully saturated rings. The molecule has 0 aliphatic heterocycles. The lowest BCUT2D eigenvalue weighted by Crippen LogP contribution is -2.26. The first-order chi connectivity index (χ1) is 8.48. The number of para-hydroxylation sites is 1. The van der Waals surface area contributed by atoms with Gasteiger partial charge in [0.05, 0.1) is 20.0 Å². The van der Waals surface area contributed by atoms with Gasteiger partial charge in [0.2, 0.25) is 10.0 Å². The van der Waals surface area contributed by atoms with Crippen molar-refractivity contribution in [1.82, 2.24) is 5.32 Å². The first kappa shape index (κ1) is 14.7. The number of benzene rings is 1. The molecule has 18 heavy (non-hydrogen) atoms. The Balaban J connectivity index is 2.62. The SMILES string of the molecule is COc1cccc(CNCCS(N)(=O)=O)c1OC. The summed E-state index contributed by atoms with van der Waals surface area (Å²) in [5.74, 6) is 1.19. The third-order valence-corrected chi connectivity index (χ3v) is 3.14. The molecule has 1 rings (SSSR count). The van der Waals surface area contributed by atoms with Gasteiger partial charge in [-0.3, -0.25) is 0 Å². The Kier molecular flexibility index (Phi) is 5.39. The molecule has 3 N–H and O–H groups in total. The zero-order valence-electron chi connectivity index (χ0n) is 10.5. The molecule has 6 nitrogen and oxygen atoms in total. The zero-order chi connectivity index (χ0) is 13.6. The second-order valence-electron chi connectivity index (χ2n) is 3.70. The molecular weight excluding hydrogens is 256 g/mol. The van der Waals surface area contributed by atoms with Crippen molar-refractivity contribution in [2.75, 3.05) is 26.5 Å². The van der Waals surface area contributed by atoms with Crippen LogP contribution in [0.25, 0.3) is 0 Å². The monoisotopic (exact) mass is 274 g/mol. The van der Waals surface area contributed by atoms with Crippen LogP contribution in [0.4, 0.5) is 0 Å². The standard InChI is InChI=1S/C11H18N2O4S/c1-16-10-5-3-4-9(11(10)17-2)8-13-6-7-18(12,14)15/h3-5,13H,6-8H2,1-2H3,(H2,12,14,15). The minimum atomic E-state index is -3.43. The number of methoxy groups -OCH3 is 2. The predicted molar refractivity (Wildman–Crippen MR) is 69.2 cm³/mol. The number of primary sulfonamides is 1. The number of hydrogen-bond acceptors (Lipinski definition) is 5. The van der Waals surface area contributed by atoms with E-state index in [9.17, 15) is 8.42 Å². The molecule has 0 bridgehead atoms. The fourth-order valence-electron chi connectivity index (χ4n) is 1.53. The summed E-state index contributed by atoms with van der Waals surface area (Å²) >= 11 is 0. The third-order valence-electron chi connectivity index (χ3n) is 2.36. The summed E-state index contributed by atoms with van der Waals surface area (Å²) in [4.78, 5) is 0. The van der Waals surface area contributed by atoms with Gasteiger partial charge in [0.25, 0.3) is 0 Å². The quantitative estimate of drug-likeness (QED) is 0.687. The van der Waals surface area contributed by atoms with Crippen LogP contribution >= 0.6 is 0 Å². The van der Waals surface area contributed by atoms with Gasteiger partial charge in [-0.1, -0.05) is 12.1 Å². The van der Waals surface area contributed by atoms with Crippen molar-refractivity contribution in [1.29, 1.82) is 0 Å². The van der Waals surface area contributed by atoms with E-state index in [0.717, 1.165) is 5.56 Å². The zero-order valence-corrected chi connectivity index (χ0v) is 11.3.